The van der Waals surface area contributed by atoms with E-state index >= 15 is 0 Å². The highest BCUT2D eigenvalue weighted by Crippen LogP contribution is 2.31. The zero-order valence-electron chi connectivity index (χ0n) is 11.3. The minimum atomic E-state index is -0.422. The first-order valence-corrected chi connectivity index (χ1v) is 7.33. The fraction of sp³-hybridized carbons (Fsp3) is 0.533. The maximum Gasteiger partial charge on any atom is 0.248 e. The number of nitrogens with one attached hydrogen (secondary N) is 1. The molecule has 19 heavy (non-hydrogen) atoms. The van der Waals surface area contributed by atoms with Gasteiger partial charge in [-0.3, -0.25) is 4.79 Å². The maximum atomic E-state index is 11.2. The zero-order valence-corrected chi connectivity index (χ0v) is 12.0. The molecule has 0 spiro atoms. The Morgan fingerprint density at radius 3 is 2.63 bits per heavy atom. The van der Waals surface area contributed by atoms with Crippen LogP contribution in [0.15, 0.2) is 18.2 Å². The summed E-state index contributed by atoms with van der Waals surface area (Å²) >= 11 is 6.16. The summed E-state index contributed by atoms with van der Waals surface area (Å²) in [5.41, 5.74) is 6.60. The molecule has 1 amide bonds. The normalized spacial score (nSPS) is 23.1. The molecule has 0 atom stereocenters. The number of carbonyl (C=O) groups is 1. The van der Waals surface area contributed by atoms with Crippen molar-refractivity contribution in [3.63, 3.8) is 0 Å². The largest absolute Gasteiger partial charge is 0.381 e. The monoisotopic (exact) mass is 280 g/mol. The molecule has 1 aliphatic rings. The Labute approximate surface area is 119 Å². The lowest BCUT2D eigenvalue weighted by atomic mass is 9.84. The van der Waals surface area contributed by atoms with E-state index in [-0.39, 0.29) is 0 Å². The van der Waals surface area contributed by atoms with Crippen LogP contribution in [-0.2, 0) is 0 Å². The Balaban J connectivity index is 2.03. The van der Waals surface area contributed by atoms with E-state index < -0.39 is 5.91 Å². The molecule has 0 saturated heterocycles. The summed E-state index contributed by atoms with van der Waals surface area (Å²) < 4.78 is 0. The van der Waals surface area contributed by atoms with Gasteiger partial charge in [0.2, 0.25) is 5.91 Å². The third-order valence-electron chi connectivity index (χ3n) is 4.03. The predicted octanol–water partition coefficient (Wildman–Crippen LogP) is 3.82. The van der Waals surface area contributed by atoms with Gasteiger partial charge in [-0.05, 0) is 49.8 Å². The van der Waals surface area contributed by atoms with E-state index in [1.807, 2.05) is 0 Å². The fourth-order valence-electron chi connectivity index (χ4n) is 2.72. The smallest absolute Gasteiger partial charge is 0.248 e. The molecule has 1 aromatic rings. The lowest BCUT2D eigenvalue weighted by Crippen LogP contribution is -2.26. The molecular weight excluding hydrogens is 260 g/mol. The van der Waals surface area contributed by atoms with Crippen LogP contribution in [0.1, 0.15) is 49.4 Å². The van der Waals surface area contributed by atoms with E-state index in [9.17, 15) is 4.79 Å². The summed E-state index contributed by atoms with van der Waals surface area (Å²) in [7, 11) is 0. The van der Waals surface area contributed by atoms with E-state index in [0.29, 0.717) is 16.6 Å². The molecule has 0 heterocycles. The van der Waals surface area contributed by atoms with Crippen molar-refractivity contribution in [1.82, 2.24) is 0 Å². The van der Waals surface area contributed by atoms with E-state index in [0.717, 1.165) is 24.4 Å². The molecule has 0 bridgehead atoms. The summed E-state index contributed by atoms with van der Waals surface area (Å²) in [4.78, 5) is 11.2. The molecule has 1 saturated carbocycles. The first kappa shape index (κ1) is 14.2. The number of amides is 1. The Morgan fingerprint density at radius 1 is 1.37 bits per heavy atom. The molecular formula is C15H21ClN2O. The molecule has 104 valence electrons. The Hall–Kier alpha value is -1.22. The Morgan fingerprint density at radius 2 is 2.05 bits per heavy atom. The van der Waals surface area contributed by atoms with Crippen LogP contribution in [0.3, 0.4) is 0 Å². The van der Waals surface area contributed by atoms with Crippen LogP contribution in [0.5, 0.6) is 0 Å². The number of nitrogens with two attached hydrogens (primary N) is 1. The van der Waals surface area contributed by atoms with Gasteiger partial charge < -0.3 is 11.1 Å². The Kier molecular flexibility index (Phi) is 4.70. The van der Waals surface area contributed by atoms with Crippen molar-refractivity contribution in [2.24, 2.45) is 11.7 Å². The molecule has 1 fully saturated rings. The van der Waals surface area contributed by atoms with Crippen molar-refractivity contribution in [3.05, 3.63) is 28.8 Å². The van der Waals surface area contributed by atoms with Crippen LogP contribution in [-0.4, -0.2) is 11.9 Å². The van der Waals surface area contributed by atoms with Crippen LogP contribution in [0.2, 0.25) is 5.02 Å². The molecule has 4 heteroatoms. The third kappa shape index (κ3) is 3.63. The highest BCUT2D eigenvalue weighted by molar-refractivity contribution is 6.33. The number of anilines is 1. The Bertz CT molecular complexity index is 453. The number of primary amides is 1. The van der Waals surface area contributed by atoms with Gasteiger partial charge >= 0.3 is 0 Å². The molecule has 3 N–H and O–H groups in total. The highest BCUT2D eigenvalue weighted by Gasteiger charge is 2.20. The fourth-order valence-corrected chi connectivity index (χ4v) is 2.90. The van der Waals surface area contributed by atoms with Gasteiger partial charge in [-0.15, -0.1) is 0 Å². The first-order chi connectivity index (χ1) is 9.10. The van der Waals surface area contributed by atoms with Crippen LogP contribution in [0.25, 0.3) is 0 Å². The second-order valence-electron chi connectivity index (χ2n) is 5.33. The number of halogens is 1. The highest BCUT2D eigenvalue weighted by atomic mass is 35.5. The van der Waals surface area contributed by atoms with Crippen molar-refractivity contribution in [1.29, 1.82) is 0 Å². The summed E-state index contributed by atoms with van der Waals surface area (Å²) in [5, 5.41) is 4.09. The molecule has 1 aromatic carbocycles. The van der Waals surface area contributed by atoms with Gasteiger partial charge in [-0.25, -0.2) is 0 Å². The first-order valence-electron chi connectivity index (χ1n) is 6.96. The zero-order chi connectivity index (χ0) is 13.8. The SMILES string of the molecule is CCC1CCC(Nc2cc(C(N)=O)ccc2Cl)CC1. The quantitative estimate of drug-likeness (QED) is 0.881. The number of hydrogen-bond donors (Lipinski definition) is 2. The molecule has 1 aliphatic carbocycles. The van der Waals surface area contributed by atoms with Crippen molar-refractivity contribution in [2.45, 2.75) is 45.1 Å². The van der Waals surface area contributed by atoms with Crippen LogP contribution in [0.4, 0.5) is 5.69 Å². The van der Waals surface area contributed by atoms with E-state index in [2.05, 4.69) is 12.2 Å². The number of benzene rings is 1. The molecule has 0 radical (unpaired) electrons. The van der Waals surface area contributed by atoms with E-state index in [4.69, 9.17) is 17.3 Å². The standard InChI is InChI=1S/C15H21ClN2O/c1-2-10-3-6-12(7-4-10)18-14-9-11(15(17)19)5-8-13(14)16/h5,8-10,12,18H,2-4,6-7H2,1H3,(H2,17,19). The summed E-state index contributed by atoms with van der Waals surface area (Å²) in [6.45, 7) is 2.26. The molecule has 0 aliphatic heterocycles. The topological polar surface area (TPSA) is 55.1 Å². The summed E-state index contributed by atoms with van der Waals surface area (Å²) in [6.07, 6.45) is 6.12. The van der Waals surface area contributed by atoms with Crippen molar-refractivity contribution in [2.75, 3.05) is 5.32 Å². The number of rotatable bonds is 4. The minimum absolute atomic E-state index is 0.422. The average molecular weight is 281 g/mol. The van der Waals surface area contributed by atoms with Gasteiger partial charge in [0.1, 0.15) is 0 Å². The molecule has 2 rings (SSSR count). The predicted molar refractivity (Wildman–Crippen MR) is 79.6 cm³/mol. The number of hydrogen-bond acceptors (Lipinski definition) is 2. The average Bonchev–Trinajstić information content (AvgIpc) is 2.42. The van der Waals surface area contributed by atoms with Gasteiger partial charge in [-0.2, -0.15) is 0 Å². The number of carbonyl (C=O) groups excluding carboxylic acids is 1. The van der Waals surface area contributed by atoms with Crippen LogP contribution in [0, 0.1) is 5.92 Å². The molecule has 0 unspecified atom stereocenters. The van der Waals surface area contributed by atoms with Crippen molar-refractivity contribution >= 4 is 23.2 Å². The van der Waals surface area contributed by atoms with Gasteiger partial charge in [0.05, 0.1) is 10.7 Å². The molecule has 0 aromatic heterocycles. The van der Waals surface area contributed by atoms with Gasteiger partial charge in [-0.1, -0.05) is 24.9 Å². The maximum absolute atomic E-state index is 11.2. The van der Waals surface area contributed by atoms with Crippen molar-refractivity contribution < 1.29 is 4.79 Å². The van der Waals surface area contributed by atoms with E-state index in [1.165, 1.54) is 19.3 Å². The second-order valence-corrected chi connectivity index (χ2v) is 5.74. The summed E-state index contributed by atoms with van der Waals surface area (Å²) in [6, 6.07) is 5.57. The third-order valence-corrected chi connectivity index (χ3v) is 4.36. The lowest BCUT2D eigenvalue weighted by molar-refractivity contribution is 0.100. The minimum Gasteiger partial charge on any atom is -0.381 e. The second kappa shape index (κ2) is 6.29. The van der Waals surface area contributed by atoms with Crippen LogP contribution < -0.4 is 11.1 Å². The lowest BCUT2D eigenvalue weighted by Gasteiger charge is -2.29. The van der Waals surface area contributed by atoms with Gasteiger partial charge in [0, 0.05) is 11.6 Å². The van der Waals surface area contributed by atoms with Crippen molar-refractivity contribution in [3.8, 4) is 0 Å². The van der Waals surface area contributed by atoms with Crippen LogP contribution >= 0.6 is 11.6 Å². The van der Waals surface area contributed by atoms with Gasteiger partial charge in [0.25, 0.3) is 0 Å². The van der Waals surface area contributed by atoms with E-state index in [1.54, 1.807) is 18.2 Å². The molecule has 3 nitrogen and oxygen atoms in total. The summed E-state index contributed by atoms with van der Waals surface area (Å²) in [5.74, 6) is 0.444. The van der Waals surface area contributed by atoms with Gasteiger partial charge in [0.15, 0.2) is 0 Å².